The van der Waals surface area contributed by atoms with E-state index in [-0.39, 0.29) is 5.56 Å². The molecule has 0 atom stereocenters. The molecular weight excluding hydrogens is 322 g/mol. The van der Waals surface area contributed by atoms with Crippen molar-refractivity contribution in [3.05, 3.63) is 68.3 Å². The molecule has 0 aliphatic rings. The highest BCUT2D eigenvalue weighted by Crippen LogP contribution is 2.31. The van der Waals surface area contributed by atoms with Crippen LogP contribution >= 0.6 is 0 Å². The molecule has 0 saturated carbocycles. The smallest absolute Gasteiger partial charge is 0.344 e. The zero-order valence-electron chi connectivity index (χ0n) is 13.5. The van der Waals surface area contributed by atoms with Crippen LogP contribution in [0.25, 0.3) is 32.6 Å². The molecule has 0 saturated heterocycles. The minimum absolute atomic E-state index is 0.246. The van der Waals surface area contributed by atoms with Gasteiger partial charge in [0.15, 0.2) is 0 Å². The summed E-state index contributed by atoms with van der Waals surface area (Å²) in [4.78, 5) is 39.2. The molecule has 2 aromatic carbocycles. The molecule has 6 nitrogen and oxygen atoms in total. The lowest BCUT2D eigenvalue weighted by Crippen LogP contribution is -2.09. The maximum absolute atomic E-state index is 12.6. The third kappa shape index (κ3) is 2.15. The number of esters is 1. The van der Waals surface area contributed by atoms with Gasteiger partial charge in [-0.1, -0.05) is 12.1 Å². The van der Waals surface area contributed by atoms with E-state index in [0.29, 0.717) is 43.8 Å². The Bertz CT molecular complexity index is 1300. The lowest BCUT2D eigenvalue weighted by molar-refractivity contribution is 0.0603. The number of H-pyrrole nitrogens is 1. The molecule has 1 N–H and O–H groups in total. The van der Waals surface area contributed by atoms with Gasteiger partial charge in [-0.05, 0) is 30.7 Å². The van der Waals surface area contributed by atoms with Gasteiger partial charge >= 0.3 is 11.6 Å². The largest absolute Gasteiger partial charge is 0.465 e. The highest BCUT2D eigenvalue weighted by Gasteiger charge is 2.18. The van der Waals surface area contributed by atoms with Crippen molar-refractivity contribution in [2.45, 2.75) is 6.92 Å². The summed E-state index contributed by atoms with van der Waals surface area (Å²) in [5.41, 5.74) is 1.05. The van der Waals surface area contributed by atoms with Crippen molar-refractivity contribution in [2.24, 2.45) is 0 Å². The molecule has 0 fully saturated rings. The van der Waals surface area contributed by atoms with Gasteiger partial charge in [0.1, 0.15) is 5.58 Å². The van der Waals surface area contributed by atoms with E-state index < -0.39 is 11.6 Å². The Kier molecular flexibility index (Phi) is 3.21. The standard InChI is InChI=1S/C19H13NO5/c1-9-8-14(21)20-12-7-6-10-16-11(18(22)24-2)4-3-5-13(16)25-19(23)17(10)15(9)12/h3-8H,1-2H3,(H,20,21). The predicted molar refractivity (Wildman–Crippen MR) is 94.2 cm³/mol. The van der Waals surface area contributed by atoms with E-state index in [2.05, 4.69) is 4.98 Å². The third-order valence-electron chi connectivity index (χ3n) is 4.31. The molecule has 0 aliphatic carbocycles. The van der Waals surface area contributed by atoms with E-state index in [9.17, 15) is 14.4 Å². The molecule has 0 amide bonds. The second-order valence-corrected chi connectivity index (χ2v) is 5.79. The van der Waals surface area contributed by atoms with E-state index >= 15 is 0 Å². The number of aromatic nitrogens is 1. The molecule has 0 spiro atoms. The summed E-state index contributed by atoms with van der Waals surface area (Å²) in [6.45, 7) is 1.76. The first-order valence-corrected chi connectivity index (χ1v) is 7.62. The molecule has 2 heterocycles. The van der Waals surface area contributed by atoms with E-state index in [1.54, 1.807) is 37.3 Å². The Balaban J connectivity index is 2.33. The molecule has 6 heteroatoms. The lowest BCUT2D eigenvalue weighted by Gasteiger charge is -2.10. The van der Waals surface area contributed by atoms with Gasteiger partial charge in [-0.25, -0.2) is 9.59 Å². The van der Waals surface area contributed by atoms with Crippen LogP contribution in [0.1, 0.15) is 15.9 Å². The number of hydrogen-bond donors (Lipinski definition) is 1. The van der Waals surface area contributed by atoms with E-state index in [1.165, 1.54) is 13.2 Å². The van der Waals surface area contributed by atoms with Crippen LogP contribution in [-0.4, -0.2) is 18.1 Å². The first kappa shape index (κ1) is 15.1. The SMILES string of the molecule is COC(=O)c1cccc2oc(=O)c3c(ccc4[nH]c(=O)cc(C)c43)c12. The van der Waals surface area contributed by atoms with Gasteiger partial charge in [0.25, 0.3) is 0 Å². The van der Waals surface area contributed by atoms with Crippen molar-refractivity contribution in [2.75, 3.05) is 7.11 Å². The topological polar surface area (TPSA) is 89.4 Å². The molecule has 0 aliphatic heterocycles. The summed E-state index contributed by atoms with van der Waals surface area (Å²) in [7, 11) is 1.30. The molecule has 25 heavy (non-hydrogen) atoms. The summed E-state index contributed by atoms with van der Waals surface area (Å²) in [6.07, 6.45) is 0. The lowest BCUT2D eigenvalue weighted by atomic mass is 9.98. The van der Waals surface area contributed by atoms with Gasteiger partial charge in [-0.3, -0.25) is 4.79 Å². The molecule has 2 aromatic heterocycles. The fourth-order valence-corrected chi connectivity index (χ4v) is 3.30. The summed E-state index contributed by atoms with van der Waals surface area (Å²) in [5.74, 6) is -0.515. The quantitative estimate of drug-likeness (QED) is 0.328. The number of nitrogens with one attached hydrogen (secondary N) is 1. The highest BCUT2D eigenvalue weighted by atomic mass is 16.5. The number of aromatic amines is 1. The fourth-order valence-electron chi connectivity index (χ4n) is 3.30. The minimum Gasteiger partial charge on any atom is -0.465 e. The van der Waals surface area contributed by atoms with Crippen molar-refractivity contribution in [1.82, 2.24) is 4.98 Å². The summed E-state index contributed by atoms with van der Waals surface area (Å²) >= 11 is 0. The number of methoxy groups -OCH3 is 1. The van der Waals surface area contributed by atoms with Crippen LogP contribution in [0.3, 0.4) is 0 Å². The number of carbonyl (C=O) groups excluding carboxylic acids is 1. The second kappa shape index (κ2) is 5.31. The normalized spacial score (nSPS) is 11.3. The summed E-state index contributed by atoms with van der Waals surface area (Å²) in [5, 5.41) is 2.02. The van der Waals surface area contributed by atoms with Crippen LogP contribution < -0.4 is 11.2 Å². The van der Waals surface area contributed by atoms with Crippen LogP contribution in [-0.2, 0) is 4.74 Å². The van der Waals surface area contributed by atoms with Crippen LogP contribution in [0.15, 0.2) is 50.4 Å². The van der Waals surface area contributed by atoms with Crippen LogP contribution in [0.2, 0.25) is 0 Å². The number of carbonyl (C=O) groups is 1. The highest BCUT2D eigenvalue weighted by molar-refractivity contribution is 6.20. The fraction of sp³-hybridized carbons (Fsp3) is 0.105. The van der Waals surface area contributed by atoms with E-state index in [4.69, 9.17) is 9.15 Å². The van der Waals surface area contributed by atoms with E-state index in [0.717, 1.165) is 0 Å². The maximum Gasteiger partial charge on any atom is 0.344 e. The van der Waals surface area contributed by atoms with Crippen molar-refractivity contribution in [3.63, 3.8) is 0 Å². The molecule has 124 valence electrons. The number of benzene rings is 2. The number of ether oxygens (including phenoxy) is 1. The average molecular weight is 335 g/mol. The molecule has 0 unspecified atom stereocenters. The molecular formula is C19H13NO5. The number of rotatable bonds is 1. The zero-order chi connectivity index (χ0) is 17.7. The van der Waals surface area contributed by atoms with Crippen molar-refractivity contribution in [3.8, 4) is 0 Å². The third-order valence-corrected chi connectivity index (χ3v) is 4.31. The molecule has 0 radical (unpaired) electrons. The van der Waals surface area contributed by atoms with Gasteiger partial charge in [0.2, 0.25) is 5.56 Å². The predicted octanol–water partition coefficient (Wildman–Crippen LogP) is 2.88. The van der Waals surface area contributed by atoms with Crippen LogP contribution in [0.5, 0.6) is 0 Å². The van der Waals surface area contributed by atoms with Gasteiger partial charge in [-0.2, -0.15) is 0 Å². The number of aryl methyl sites for hydroxylation is 1. The monoisotopic (exact) mass is 335 g/mol. The number of fused-ring (bicyclic) bond motifs is 5. The number of pyridine rings is 1. The Hall–Kier alpha value is -3.41. The van der Waals surface area contributed by atoms with E-state index in [1.807, 2.05) is 0 Å². The van der Waals surface area contributed by atoms with Crippen molar-refractivity contribution < 1.29 is 13.9 Å². The Morgan fingerprint density at radius 1 is 1.08 bits per heavy atom. The Morgan fingerprint density at radius 2 is 1.88 bits per heavy atom. The minimum atomic E-state index is -0.523. The average Bonchev–Trinajstić information content (AvgIpc) is 2.59. The Morgan fingerprint density at radius 3 is 2.64 bits per heavy atom. The Labute approximate surface area is 140 Å². The summed E-state index contributed by atoms with van der Waals surface area (Å²) < 4.78 is 10.3. The molecule has 4 aromatic rings. The molecule has 0 bridgehead atoms. The first-order chi connectivity index (χ1) is 12.0. The van der Waals surface area contributed by atoms with Gasteiger partial charge in [0.05, 0.1) is 18.1 Å². The summed E-state index contributed by atoms with van der Waals surface area (Å²) in [6, 6.07) is 9.74. The van der Waals surface area contributed by atoms with Gasteiger partial charge < -0.3 is 14.1 Å². The van der Waals surface area contributed by atoms with Gasteiger partial charge in [0, 0.05) is 27.7 Å². The van der Waals surface area contributed by atoms with Crippen LogP contribution in [0, 0.1) is 6.92 Å². The maximum atomic E-state index is 12.6. The number of hydrogen-bond acceptors (Lipinski definition) is 5. The molecule has 4 rings (SSSR count). The van der Waals surface area contributed by atoms with Crippen LogP contribution in [0.4, 0.5) is 0 Å². The first-order valence-electron chi connectivity index (χ1n) is 7.62. The van der Waals surface area contributed by atoms with Crippen molar-refractivity contribution in [1.29, 1.82) is 0 Å². The van der Waals surface area contributed by atoms with Gasteiger partial charge in [-0.15, -0.1) is 0 Å². The van der Waals surface area contributed by atoms with Crippen molar-refractivity contribution >= 4 is 38.6 Å². The second-order valence-electron chi connectivity index (χ2n) is 5.79. The zero-order valence-corrected chi connectivity index (χ0v) is 13.5.